The lowest BCUT2D eigenvalue weighted by atomic mass is 9.82. The Morgan fingerprint density at radius 1 is 1.17 bits per heavy atom. The highest BCUT2D eigenvalue weighted by Gasteiger charge is 2.45. The quantitative estimate of drug-likeness (QED) is 0.291. The molecular weight excluding hydrogens is 562 g/mol. The standard InChI is InChI=1S/C33H35ClF2N2O4/c1-17-12-18-13-21(31(37)40)27(29(36)25(18)30(17)39)26-22-15-33(19-6-4-3-5-7-19,42-24(22)14-23(35)28(26)34)16-38-20-8-10-32(2,41)11-9-20/h3-7,13-14,17,20,30,38-39,41H,8-12,15-16H2,1-2H3,(H2,37,40)/t17?,20-,30?,32-,33-/m1/s1. The van der Waals surface area contributed by atoms with E-state index >= 15 is 8.78 Å². The van der Waals surface area contributed by atoms with Crippen molar-refractivity contribution in [2.45, 2.75) is 75.7 Å². The maximum atomic E-state index is 16.4. The molecule has 222 valence electrons. The molecule has 5 N–H and O–H groups in total. The van der Waals surface area contributed by atoms with Gasteiger partial charge in [0.25, 0.3) is 0 Å². The first kappa shape index (κ1) is 29.1. The molecular formula is C33H35ClF2N2O4. The summed E-state index contributed by atoms with van der Waals surface area (Å²) in [4.78, 5) is 12.7. The van der Waals surface area contributed by atoms with Crippen molar-refractivity contribution in [2.24, 2.45) is 11.7 Å². The molecule has 0 bridgehead atoms. The second-order valence-corrected chi connectivity index (χ2v) is 12.9. The smallest absolute Gasteiger partial charge is 0.249 e. The maximum absolute atomic E-state index is 16.4. The molecule has 3 aromatic rings. The van der Waals surface area contributed by atoms with Gasteiger partial charge >= 0.3 is 0 Å². The second kappa shape index (κ2) is 10.6. The first-order chi connectivity index (χ1) is 19.9. The number of fused-ring (bicyclic) bond motifs is 2. The van der Waals surface area contributed by atoms with Gasteiger partial charge in [0, 0.05) is 47.3 Å². The number of nitrogens with two attached hydrogens (primary N) is 1. The lowest BCUT2D eigenvalue weighted by molar-refractivity contribution is 0.0104. The number of benzene rings is 3. The summed E-state index contributed by atoms with van der Waals surface area (Å²) in [5, 5.41) is 24.5. The largest absolute Gasteiger partial charge is 0.480 e. The molecule has 1 saturated carbocycles. The van der Waals surface area contributed by atoms with E-state index in [9.17, 15) is 15.0 Å². The van der Waals surface area contributed by atoms with Gasteiger partial charge in [-0.25, -0.2) is 8.78 Å². The molecule has 1 aliphatic heterocycles. The molecule has 0 saturated heterocycles. The van der Waals surface area contributed by atoms with Crippen LogP contribution in [-0.2, 0) is 18.4 Å². The van der Waals surface area contributed by atoms with Crippen LogP contribution < -0.4 is 15.8 Å². The van der Waals surface area contributed by atoms with E-state index in [0.717, 1.165) is 18.4 Å². The molecule has 1 fully saturated rings. The number of carbonyl (C=O) groups is 1. The highest BCUT2D eigenvalue weighted by atomic mass is 35.5. The van der Waals surface area contributed by atoms with Crippen LogP contribution in [0.3, 0.4) is 0 Å². The Morgan fingerprint density at radius 2 is 1.86 bits per heavy atom. The SMILES string of the molecule is CC1Cc2cc(C(N)=O)c(-c3c(Cl)c(F)cc4c3C[C@@](CN[C@H]3CC[C@](C)(O)CC3)(c3ccccc3)O4)c(F)c2C1O. The van der Waals surface area contributed by atoms with Crippen LogP contribution in [0.4, 0.5) is 8.78 Å². The number of rotatable bonds is 6. The molecule has 0 radical (unpaired) electrons. The van der Waals surface area contributed by atoms with Crippen molar-refractivity contribution in [2.75, 3.05) is 6.54 Å². The van der Waals surface area contributed by atoms with E-state index in [-0.39, 0.29) is 51.4 Å². The van der Waals surface area contributed by atoms with Crippen LogP contribution in [0.2, 0.25) is 5.02 Å². The summed E-state index contributed by atoms with van der Waals surface area (Å²) in [6.07, 6.45) is 2.44. The lowest BCUT2D eigenvalue weighted by Gasteiger charge is -2.36. The second-order valence-electron chi connectivity index (χ2n) is 12.5. The Balaban J connectivity index is 1.47. The zero-order valence-corrected chi connectivity index (χ0v) is 24.4. The van der Waals surface area contributed by atoms with E-state index in [0.29, 0.717) is 36.9 Å². The number of hydrogen-bond acceptors (Lipinski definition) is 5. The molecule has 9 heteroatoms. The first-order valence-corrected chi connectivity index (χ1v) is 14.8. The van der Waals surface area contributed by atoms with Gasteiger partial charge in [0.2, 0.25) is 5.91 Å². The van der Waals surface area contributed by atoms with Crippen molar-refractivity contribution in [3.05, 3.63) is 86.9 Å². The number of halogens is 3. The van der Waals surface area contributed by atoms with E-state index in [4.69, 9.17) is 22.1 Å². The fourth-order valence-electron chi connectivity index (χ4n) is 6.94. The lowest BCUT2D eigenvalue weighted by Crippen LogP contribution is -2.48. The minimum Gasteiger partial charge on any atom is -0.480 e. The van der Waals surface area contributed by atoms with Crippen molar-refractivity contribution >= 4 is 17.5 Å². The Kier molecular flexibility index (Phi) is 7.33. The third kappa shape index (κ3) is 4.88. The number of aliphatic hydroxyl groups is 2. The van der Waals surface area contributed by atoms with Gasteiger partial charge in [-0.3, -0.25) is 4.79 Å². The van der Waals surface area contributed by atoms with Crippen molar-refractivity contribution in [3.63, 3.8) is 0 Å². The zero-order chi connectivity index (χ0) is 30.0. The molecule has 3 aliphatic rings. The van der Waals surface area contributed by atoms with Crippen molar-refractivity contribution in [1.82, 2.24) is 5.32 Å². The van der Waals surface area contributed by atoms with Gasteiger partial charge in [0.15, 0.2) is 5.60 Å². The van der Waals surface area contributed by atoms with Gasteiger partial charge in [-0.2, -0.15) is 0 Å². The summed E-state index contributed by atoms with van der Waals surface area (Å²) in [6.45, 7) is 4.01. The highest BCUT2D eigenvalue weighted by molar-refractivity contribution is 6.34. The van der Waals surface area contributed by atoms with Gasteiger partial charge < -0.3 is 26.0 Å². The third-order valence-electron chi connectivity index (χ3n) is 9.37. The first-order valence-electron chi connectivity index (χ1n) is 14.5. The predicted octanol–water partition coefficient (Wildman–Crippen LogP) is 5.72. The van der Waals surface area contributed by atoms with E-state index in [1.165, 1.54) is 12.1 Å². The monoisotopic (exact) mass is 596 g/mol. The van der Waals surface area contributed by atoms with Crippen molar-refractivity contribution < 1.29 is 28.5 Å². The van der Waals surface area contributed by atoms with Crippen LogP contribution in [0.15, 0.2) is 42.5 Å². The van der Waals surface area contributed by atoms with Crippen LogP contribution in [0.5, 0.6) is 5.75 Å². The molecule has 1 heterocycles. The Labute approximate surface area is 248 Å². The van der Waals surface area contributed by atoms with Crippen LogP contribution in [0.25, 0.3) is 11.1 Å². The summed E-state index contributed by atoms with van der Waals surface area (Å²) in [6, 6.07) is 12.4. The van der Waals surface area contributed by atoms with Crippen LogP contribution in [0, 0.1) is 17.6 Å². The van der Waals surface area contributed by atoms with E-state index in [2.05, 4.69) is 5.32 Å². The van der Waals surface area contributed by atoms with Gasteiger partial charge in [0.05, 0.1) is 22.3 Å². The molecule has 3 aromatic carbocycles. The van der Waals surface area contributed by atoms with Gasteiger partial charge in [-0.15, -0.1) is 0 Å². The maximum Gasteiger partial charge on any atom is 0.249 e. The van der Waals surface area contributed by atoms with E-state index in [1.807, 2.05) is 37.3 Å². The average Bonchev–Trinajstić information content (AvgIpc) is 3.46. The Morgan fingerprint density at radius 3 is 2.52 bits per heavy atom. The number of carbonyl (C=O) groups excluding carboxylic acids is 1. The third-order valence-corrected chi connectivity index (χ3v) is 9.74. The van der Waals surface area contributed by atoms with Gasteiger partial charge in [-0.05, 0) is 62.1 Å². The Hall–Kier alpha value is -3.04. The summed E-state index contributed by atoms with van der Waals surface area (Å²) in [5.74, 6) is -2.58. The number of ether oxygens (including phenoxy) is 1. The molecule has 2 aliphatic carbocycles. The van der Waals surface area contributed by atoms with Crippen molar-refractivity contribution in [1.29, 1.82) is 0 Å². The fraction of sp³-hybridized carbons (Fsp3) is 0.424. The molecule has 2 unspecified atom stereocenters. The minimum absolute atomic E-state index is 0.0130. The number of hydrogen-bond donors (Lipinski definition) is 4. The molecule has 0 aromatic heterocycles. The minimum atomic E-state index is -1.08. The fourth-order valence-corrected chi connectivity index (χ4v) is 7.21. The molecule has 6 rings (SSSR count). The van der Waals surface area contributed by atoms with E-state index < -0.39 is 34.8 Å². The number of primary amides is 1. The predicted molar refractivity (Wildman–Crippen MR) is 156 cm³/mol. The van der Waals surface area contributed by atoms with Crippen LogP contribution in [-0.4, -0.2) is 34.3 Å². The number of amides is 1. The van der Waals surface area contributed by atoms with Gasteiger partial charge in [0.1, 0.15) is 17.4 Å². The molecule has 1 amide bonds. The number of nitrogens with one attached hydrogen (secondary N) is 1. The summed E-state index contributed by atoms with van der Waals surface area (Å²) in [7, 11) is 0. The zero-order valence-electron chi connectivity index (χ0n) is 23.6. The molecule has 42 heavy (non-hydrogen) atoms. The highest BCUT2D eigenvalue weighted by Crippen LogP contribution is 2.52. The summed E-state index contributed by atoms with van der Waals surface area (Å²) < 4.78 is 38.5. The van der Waals surface area contributed by atoms with Crippen LogP contribution in [0.1, 0.15) is 78.2 Å². The topological polar surface area (TPSA) is 105 Å². The van der Waals surface area contributed by atoms with Crippen molar-refractivity contribution in [3.8, 4) is 16.9 Å². The number of aliphatic hydroxyl groups excluding tert-OH is 1. The Bertz CT molecular complexity index is 1550. The molecule has 6 nitrogen and oxygen atoms in total. The normalized spacial score (nSPS) is 28.3. The van der Waals surface area contributed by atoms with E-state index in [1.54, 1.807) is 6.92 Å². The molecule has 3 atom stereocenters. The average molecular weight is 597 g/mol. The van der Waals surface area contributed by atoms with Gasteiger partial charge in [-0.1, -0.05) is 48.9 Å². The molecule has 0 spiro atoms. The summed E-state index contributed by atoms with van der Waals surface area (Å²) >= 11 is 6.59. The summed E-state index contributed by atoms with van der Waals surface area (Å²) in [5.41, 5.74) is 5.65. The van der Waals surface area contributed by atoms with Crippen LogP contribution >= 0.6 is 11.6 Å².